The number of nitrogens with zero attached hydrogens (tertiary/aromatic N) is 2. The van der Waals surface area contributed by atoms with Gasteiger partial charge < -0.3 is 14.3 Å². The molecule has 1 N–H and O–H groups in total. The van der Waals surface area contributed by atoms with E-state index >= 15 is 0 Å². The van der Waals surface area contributed by atoms with E-state index in [1.165, 1.54) is 18.5 Å². The summed E-state index contributed by atoms with van der Waals surface area (Å²) in [6, 6.07) is 17.1. The molecule has 9 heteroatoms. The van der Waals surface area contributed by atoms with Gasteiger partial charge >= 0.3 is 0 Å². The summed E-state index contributed by atoms with van der Waals surface area (Å²) in [6.07, 6.45) is 6.56. The van der Waals surface area contributed by atoms with Crippen molar-refractivity contribution in [1.29, 1.82) is 0 Å². The summed E-state index contributed by atoms with van der Waals surface area (Å²) in [4.78, 5) is 29.2. The second-order valence-corrected chi connectivity index (χ2v) is 9.21. The largest absolute Gasteiger partial charge is 0.456 e. The molecule has 182 valence electrons. The van der Waals surface area contributed by atoms with Crippen LogP contribution in [0, 0.1) is 0 Å². The smallest absolute Gasteiger partial charge is 0.295 e. The lowest BCUT2D eigenvalue weighted by Gasteiger charge is -2.22. The number of rotatable bonds is 9. The number of carbonyl (C=O) groups is 2. The van der Waals surface area contributed by atoms with Crippen molar-refractivity contribution in [2.24, 2.45) is 9.98 Å². The fraction of sp³-hybridized carbons (Fsp3) is 0.111. The summed E-state index contributed by atoms with van der Waals surface area (Å²) in [6.45, 7) is 0.341. The summed E-state index contributed by atoms with van der Waals surface area (Å²) < 4.78 is 40.5. The molecule has 1 heterocycles. The monoisotopic (exact) mass is 502 g/mol. The maximum atomic E-state index is 12.2. The van der Waals surface area contributed by atoms with E-state index in [0.717, 1.165) is 23.4 Å². The van der Waals surface area contributed by atoms with Gasteiger partial charge in [-0.2, -0.15) is 8.42 Å². The number of hydrogen-bond donors (Lipinski definition) is 1. The average Bonchev–Trinajstić information content (AvgIpc) is 2.87. The molecule has 0 aromatic heterocycles. The summed E-state index contributed by atoms with van der Waals surface area (Å²) in [5.41, 5.74) is 2.41. The van der Waals surface area contributed by atoms with Crippen LogP contribution in [0.15, 0.2) is 75.5 Å². The fourth-order valence-electron chi connectivity index (χ4n) is 3.85. The number of aliphatic imine (C=N–C) groups is 2. The molecule has 0 spiro atoms. The minimum Gasteiger partial charge on any atom is -0.456 e. The topological polar surface area (TPSA) is 122 Å². The number of ether oxygens (including phenoxy) is 1. The molecule has 0 amide bonds. The Morgan fingerprint density at radius 3 is 2.42 bits per heavy atom. The zero-order chi connectivity index (χ0) is 25.5. The first kappa shape index (κ1) is 24.9. The van der Waals surface area contributed by atoms with Crippen molar-refractivity contribution in [2.75, 3.05) is 0 Å². The summed E-state index contributed by atoms with van der Waals surface area (Å²) in [5.74, 6) is 0.968. The Balaban J connectivity index is 1.93. The van der Waals surface area contributed by atoms with Crippen molar-refractivity contribution in [3.8, 4) is 11.5 Å². The molecule has 0 atom stereocenters. The highest BCUT2D eigenvalue weighted by Gasteiger charge is 2.25. The van der Waals surface area contributed by atoms with Gasteiger partial charge in [-0.1, -0.05) is 36.4 Å². The molecule has 0 unspecified atom stereocenters. The molecule has 0 fully saturated rings. The van der Waals surface area contributed by atoms with Gasteiger partial charge in [0.1, 0.15) is 29.0 Å². The number of benzene rings is 3. The Hall–Kier alpha value is -4.21. The van der Waals surface area contributed by atoms with E-state index < -0.39 is 10.1 Å². The van der Waals surface area contributed by atoms with Crippen LogP contribution < -0.4 is 15.2 Å². The number of fused-ring (bicyclic) bond motifs is 2. The quantitative estimate of drug-likeness (QED) is 0.213. The second kappa shape index (κ2) is 11.0. The molecule has 0 saturated carbocycles. The Morgan fingerprint density at radius 1 is 0.861 bits per heavy atom. The van der Waals surface area contributed by atoms with Crippen LogP contribution in [0.3, 0.4) is 0 Å². The maximum Gasteiger partial charge on any atom is 0.295 e. The van der Waals surface area contributed by atoms with Crippen molar-refractivity contribution in [1.82, 2.24) is 0 Å². The first-order valence-electron chi connectivity index (χ1n) is 11.0. The summed E-state index contributed by atoms with van der Waals surface area (Å²) in [7, 11) is -4.50. The Morgan fingerprint density at radius 2 is 1.64 bits per heavy atom. The minimum atomic E-state index is -4.50. The van der Waals surface area contributed by atoms with Crippen molar-refractivity contribution < 1.29 is 27.3 Å². The third kappa shape index (κ3) is 5.54. The Kier molecular flexibility index (Phi) is 7.62. The molecule has 36 heavy (non-hydrogen) atoms. The zero-order valence-corrected chi connectivity index (χ0v) is 19.9. The molecular weight excluding hydrogens is 480 g/mol. The lowest BCUT2D eigenvalue weighted by atomic mass is 9.92. The highest BCUT2D eigenvalue weighted by atomic mass is 32.2. The van der Waals surface area contributed by atoms with Gasteiger partial charge in [-0.3, -0.25) is 14.5 Å². The van der Waals surface area contributed by atoms with Crippen LogP contribution in [0.2, 0.25) is 0 Å². The molecule has 3 aromatic carbocycles. The van der Waals surface area contributed by atoms with E-state index in [1.54, 1.807) is 42.6 Å². The van der Waals surface area contributed by atoms with Gasteiger partial charge in [-0.15, -0.1) is 0 Å². The predicted octanol–water partition coefficient (Wildman–Crippen LogP) is 2.84. The van der Waals surface area contributed by atoms with Crippen LogP contribution in [0.4, 0.5) is 0 Å². The highest BCUT2D eigenvalue weighted by Crippen LogP contribution is 2.38. The zero-order valence-electron chi connectivity index (χ0n) is 19.1. The van der Waals surface area contributed by atoms with Gasteiger partial charge in [0.2, 0.25) is 0 Å². The van der Waals surface area contributed by atoms with E-state index in [0.29, 0.717) is 40.0 Å². The van der Waals surface area contributed by atoms with Crippen molar-refractivity contribution in [3.05, 3.63) is 87.8 Å². The molecule has 0 saturated heterocycles. The number of hydrogen-bond acceptors (Lipinski definition) is 7. The lowest BCUT2D eigenvalue weighted by Crippen LogP contribution is -2.21. The maximum absolute atomic E-state index is 12.2. The van der Waals surface area contributed by atoms with Crippen molar-refractivity contribution in [2.45, 2.75) is 24.3 Å². The number of aldehydes is 2. The van der Waals surface area contributed by atoms with E-state index in [-0.39, 0.29) is 17.7 Å². The molecular formula is C27H22N2O6S. The first-order chi connectivity index (χ1) is 17.4. The van der Waals surface area contributed by atoms with Crippen LogP contribution in [0.1, 0.15) is 29.5 Å². The molecule has 1 aliphatic heterocycles. The molecule has 1 aliphatic rings. The van der Waals surface area contributed by atoms with Gasteiger partial charge in [-0.25, -0.2) is 0 Å². The van der Waals surface area contributed by atoms with Gasteiger partial charge in [0.15, 0.2) is 0 Å². The Labute approximate surface area is 207 Å². The third-order valence-electron chi connectivity index (χ3n) is 5.38. The third-order valence-corrected chi connectivity index (χ3v) is 6.29. The normalized spacial score (nSPS) is 13.5. The van der Waals surface area contributed by atoms with Gasteiger partial charge in [0.25, 0.3) is 10.1 Å². The summed E-state index contributed by atoms with van der Waals surface area (Å²) in [5, 5.41) is 1.36. The van der Waals surface area contributed by atoms with Crippen LogP contribution in [-0.2, 0) is 26.3 Å². The van der Waals surface area contributed by atoms with Crippen molar-refractivity contribution >= 4 is 46.9 Å². The first-order valence-corrected chi connectivity index (χ1v) is 12.5. The Bertz CT molecular complexity index is 1610. The molecule has 0 radical (unpaired) electrons. The average molecular weight is 503 g/mol. The van der Waals surface area contributed by atoms with E-state index in [9.17, 15) is 22.6 Å². The molecule has 8 nitrogen and oxygen atoms in total. The van der Waals surface area contributed by atoms with E-state index in [2.05, 4.69) is 9.98 Å². The lowest BCUT2D eigenvalue weighted by molar-refractivity contribution is -0.107. The minimum absolute atomic E-state index is 0.202. The molecule has 0 bridgehead atoms. The second-order valence-electron chi connectivity index (χ2n) is 7.82. The van der Waals surface area contributed by atoms with Crippen LogP contribution in [0.25, 0.3) is 11.8 Å². The highest BCUT2D eigenvalue weighted by molar-refractivity contribution is 7.86. The molecule has 4 rings (SSSR count). The van der Waals surface area contributed by atoms with Crippen molar-refractivity contribution in [3.63, 3.8) is 0 Å². The van der Waals surface area contributed by atoms with Gasteiger partial charge in [0.05, 0.1) is 6.54 Å². The van der Waals surface area contributed by atoms with Crippen LogP contribution in [0.5, 0.6) is 11.5 Å². The van der Waals surface area contributed by atoms with Gasteiger partial charge in [-0.05, 0) is 35.0 Å². The standard InChI is InChI=1S/C27H22N2O6S/c30-13-3-11-28-17-19-7-9-21-24(15-19)35-25-16-20(18-29-12-4-14-31)8-10-22(25)27(21)23-5-1-2-6-26(23)36(32,33)34/h1-2,5-17H,3-4,18H2,(H,32,33,34)/b19-17+,28-11?,29-12?. The van der Waals surface area contributed by atoms with Crippen LogP contribution in [-0.4, -0.2) is 38.0 Å². The SMILES string of the molecule is O=CCC=N/C=c1\ccc2c(c1)Oc1cc(CN=CCC=O)ccc1C=2c1ccccc1S(=O)(=O)O. The summed E-state index contributed by atoms with van der Waals surface area (Å²) >= 11 is 0. The van der Waals surface area contributed by atoms with Crippen LogP contribution >= 0.6 is 0 Å². The molecule has 3 aromatic rings. The molecule has 0 aliphatic carbocycles. The fourth-order valence-corrected chi connectivity index (χ4v) is 4.55. The predicted molar refractivity (Wildman–Crippen MR) is 137 cm³/mol. The number of carbonyl (C=O) groups excluding carboxylic acids is 2. The van der Waals surface area contributed by atoms with E-state index in [4.69, 9.17) is 4.74 Å². The van der Waals surface area contributed by atoms with E-state index in [1.807, 2.05) is 18.2 Å². The van der Waals surface area contributed by atoms with Gasteiger partial charge in [0, 0.05) is 53.4 Å².